The number of aryl methyl sites for hydroxylation is 2. The molecule has 1 aromatic rings. The van der Waals surface area contributed by atoms with Crippen LogP contribution >= 0.6 is 11.6 Å². The highest BCUT2D eigenvalue weighted by Crippen LogP contribution is 2.26. The lowest BCUT2D eigenvalue weighted by Crippen LogP contribution is -2.44. The van der Waals surface area contributed by atoms with Crippen molar-refractivity contribution in [2.24, 2.45) is 13.0 Å². The van der Waals surface area contributed by atoms with Crippen LogP contribution in [0.25, 0.3) is 0 Å². The van der Waals surface area contributed by atoms with Gasteiger partial charge in [-0.3, -0.25) is 4.68 Å². The van der Waals surface area contributed by atoms with Crippen LogP contribution in [0.5, 0.6) is 0 Å². The molecule has 5 heteroatoms. The number of halogens is 1. The van der Waals surface area contributed by atoms with E-state index in [-0.39, 0.29) is 0 Å². The largest absolute Gasteiger partial charge is 0.381 e. The molecule has 2 unspecified atom stereocenters. The van der Waals surface area contributed by atoms with E-state index in [0.717, 1.165) is 61.9 Å². The van der Waals surface area contributed by atoms with Crippen LogP contribution in [0.1, 0.15) is 38.1 Å². The van der Waals surface area contributed by atoms with Crippen molar-refractivity contribution < 1.29 is 4.74 Å². The van der Waals surface area contributed by atoms with Crippen molar-refractivity contribution in [1.29, 1.82) is 0 Å². The Morgan fingerprint density at radius 3 is 2.90 bits per heavy atom. The van der Waals surface area contributed by atoms with Gasteiger partial charge in [0.25, 0.3) is 0 Å². The van der Waals surface area contributed by atoms with E-state index in [9.17, 15) is 0 Å². The van der Waals surface area contributed by atoms with E-state index in [2.05, 4.69) is 24.3 Å². The topological polar surface area (TPSA) is 39.1 Å². The van der Waals surface area contributed by atoms with Crippen molar-refractivity contribution in [2.45, 2.75) is 45.6 Å². The third-order valence-corrected chi connectivity index (χ3v) is 4.53. The van der Waals surface area contributed by atoms with Gasteiger partial charge in [-0.05, 0) is 32.2 Å². The van der Waals surface area contributed by atoms with E-state index in [0.29, 0.717) is 12.0 Å². The molecule has 4 nitrogen and oxygen atoms in total. The molecule has 1 aliphatic heterocycles. The molecule has 0 aliphatic carbocycles. The number of rotatable bonds is 6. The van der Waals surface area contributed by atoms with Gasteiger partial charge in [-0.2, -0.15) is 5.10 Å². The van der Waals surface area contributed by atoms with Gasteiger partial charge in [0.1, 0.15) is 0 Å². The first-order chi connectivity index (χ1) is 9.67. The van der Waals surface area contributed by atoms with E-state index in [1.807, 2.05) is 11.7 Å². The lowest BCUT2D eigenvalue weighted by molar-refractivity contribution is 0.0316. The summed E-state index contributed by atoms with van der Waals surface area (Å²) in [6.07, 6.45) is 4.06. The molecule has 0 spiro atoms. The fourth-order valence-corrected chi connectivity index (χ4v) is 3.26. The van der Waals surface area contributed by atoms with Crippen molar-refractivity contribution in [3.8, 4) is 0 Å². The monoisotopic (exact) mass is 299 g/mol. The van der Waals surface area contributed by atoms with Crippen LogP contribution in [-0.4, -0.2) is 35.6 Å². The molecule has 1 aromatic heterocycles. The lowest BCUT2D eigenvalue weighted by Gasteiger charge is -2.32. The molecule has 2 heterocycles. The predicted octanol–water partition coefficient (Wildman–Crippen LogP) is 2.58. The van der Waals surface area contributed by atoms with Gasteiger partial charge in [0.15, 0.2) is 0 Å². The number of nitrogens with one attached hydrogen (secondary N) is 1. The molecule has 0 radical (unpaired) electrons. The normalized spacial score (nSPS) is 23.2. The number of hydrogen-bond donors (Lipinski definition) is 1. The fourth-order valence-electron chi connectivity index (χ4n) is 2.89. The molecule has 114 valence electrons. The van der Waals surface area contributed by atoms with Gasteiger partial charge in [0, 0.05) is 25.6 Å². The number of aromatic nitrogens is 2. The van der Waals surface area contributed by atoms with E-state index < -0.39 is 0 Å². The van der Waals surface area contributed by atoms with Crippen LogP contribution in [0.2, 0.25) is 5.02 Å². The van der Waals surface area contributed by atoms with Crippen molar-refractivity contribution in [3.05, 3.63) is 16.4 Å². The molecule has 1 N–H and O–H groups in total. The highest BCUT2D eigenvalue weighted by atomic mass is 35.5. The van der Waals surface area contributed by atoms with Crippen LogP contribution in [0.4, 0.5) is 0 Å². The van der Waals surface area contributed by atoms with Crippen molar-refractivity contribution >= 4 is 11.6 Å². The fraction of sp³-hybridized carbons (Fsp3) is 0.800. The number of ether oxygens (including phenoxy) is 1. The molecule has 1 aliphatic rings. The Kier molecular flexibility index (Phi) is 5.87. The van der Waals surface area contributed by atoms with E-state index in [1.54, 1.807) is 0 Å². The molecular formula is C15H26ClN3O. The Hall–Kier alpha value is -0.580. The van der Waals surface area contributed by atoms with Gasteiger partial charge in [-0.1, -0.05) is 25.4 Å². The molecule has 2 rings (SSSR count). The molecule has 20 heavy (non-hydrogen) atoms. The second-order valence-corrected chi connectivity index (χ2v) is 5.95. The van der Waals surface area contributed by atoms with Gasteiger partial charge in [0.2, 0.25) is 0 Å². The predicted molar refractivity (Wildman–Crippen MR) is 82.3 cm³/mol. The van der Waals surface area contributed by atoms with E-state index in [4.69, 9.17) is 16.3 Å². The van der Waals surface area contributed by atoms with E-state index in [1.165, 1.54) is 0 Å². The summed E-state index contributed by atoms with van der Waals surface area (Å²) < 4.78 is 7.60. The van der Waals surface area contributed by atoms with Crippen molar-refractivity contribution in [3.63, 3.8) is 0 Å². The Balaban J connectivity index is 2.08. The molecule has 2 atom stereocenters. The number of nitrogens with zero attached hydrogens (tertiary/aromatic N) is 2. The second kappa shape index (κ2) is 7.43. The van der Waals surface area contributed by atoms with Gasteiger partial charge in [0.05, 0.1) is 23.0 Å². The zero-order valence-corrected chi connectivity index (χ0v) is 13.5. The summed E-state index contributed by atoms with van der Waals surface area (Å²) in [4.78, 5) is 0. The molecule has 0 aromatic carbocycles. The Bertz CT molecular complexity index is 433. The average molecular weight is 300 g/mol. The Labute approximate surface area is 126 Å². The summed E-state index contributed by atoms with van der Waals surface area (Å²) in [5, 5.41) is 9.00. The summed E-state index contributed by atoms with van der Waals surface area (Å²) in [5.41, 5.74) is 2.14. The average Bonchev–Trinajstić information content (AvgIpc) is 2.73. The maximum atomic E-state index is 6.46. The van der Waals surface area contributed by atoms with Gasteiger partial charge in [-0.15, -0.1) is 0 Å². The maximum Gasteiger partial charge on any atom is 0.0849 e. The third kappa shape index (κ3) is 3.54. The van der Waals surface area contributed by atoms with Crippen LogP contribution in [0.3, 0.4) is 0 Å². The lowest BCUT2D eigenvalue weighted by atomic mass is 9.91. The van der Waals surface area contributed by atoms with Crippen molar-refractivity contribution in [1.82, 2.24) is 15.1 Å². The third-order valence-electron chi connectivity index (χ3n) is 4.09. The molecular weight excluding hydrogens is 274 g/mol. The van der Waals surface area contributed by atoms with Crippen LogP contribution in [0, 0.1) is 5.92 Å². The summed E-state index contributed by atoms with van der Waals surface area (Å²) >= 11 is 6.46. The minimum Gasteiger partial charge on any atom is -0.381 e. The van der Waals surface area contributed by atoms with Gasteiger partial charge >= 0.3 is 0 Å². The standard InChI is InChI=1S/C15H26ClN3O/c1-4-7-17-13-6-8-20-10-11(13)9-14-15(16)12(5-2)18-19(14)3/h11,13,17H,4-10H2,1-3H3. The summed E-state index contributed by atoms with van der Waals surface area (Å²) in [6, 6.07) is 0.528. The Morgan fingerprint density at radius 1 is 1.45 bits per heavy atom. The minimum atomic E-state index is 0.480. The molecule has 1 saturated heterocycles. The second-order valence-electron chi connectivity index (χ2n) is 5.57. The van der Waals surface area contributed by atoms with E-state index >= 15 is 0 Å². The quantitative estimate of drug-likeness (QED) is 0.877. The number of hydrogen-bond acceptors (Lipinski definition) is 3. The highest BCUT2D eigenvalue weighted by molar-refractivity contribution is 6.31. The highest BCUT2D eigenvalue weighted by Gasteiger charge is 2.27. The SMILES string of the molecule is CCCNC1CCOCC1Cc1c(Cl)c(CC)nn1C. The summed E-state index contributed by atoms with van der Waals surface area (Å²) in [6.45, 7) is 7.03. The van der Waals surface area contributed by atoms with Crippen molar-refractivity contribution in [2.75, 3.05) is 19.8 Å². The molecule has 0 saturated carbocycles. The Morgan fingerprint density at radius 2 is 2.25 bits per heavy atom. The molecule has 0 amide bonds. The smallest absolute Gasteiger partial charge is 0.0849 e. The van der Waals surface area contributed by atoms with Gasteiger partial charge in [-0.25, -0.2) is 0 Å². The zero-order valence-electron chi connectivity index (χ0n) is 12.8. The molecule has 0 bridgehead atoms. The summed E-state index contributed by atoms with van der Waals surface area (Å²) in [7, 11) is 1.98. The first kappa shape index (κ1) is 15.8. The van der Waals surface area contributed by atoms with Crippen LogP contribution in [0.15, 0.2) is 0 Å². The van der Waals surface area contributed by atoms with Gasteiger partial charge < -0.3 is 10.1 Å². The maximum absolute atomic E-state index is 6.46. The van der Waals surface area contributed by atoms with Crippen LogP contribution in [-0.2, 0) is 24.6 Å². The minimum absolute atomic E-state index is 0.480. The first-order valence-corrected chi connectivity index (χ1v) is 8.06. The van der Waals surface area contributed by atoms with Crippen LogP contribution < -0.4 is 5.32 Å². The first-order valence-electron chi connectivity index (χ1n) is 7.68. The summed E-state index contributed by atoms with van der Waals surface area (Å²) in [5.74, 6) is 0.480. The molecule has 1 fully saturated rings. The zero-order chi connectivity index (χ0) is 14.5.